The second kappa shape index (κ2) is 6.40. The fraction of sp³-hybridized carbons (Fsp3) is 0.667. The average molecular weight is 344 g/mol. The highest BCUT2D eigenvalue weighted by molar-refractivity contribution is 9.09. The molecule has 1 aromatic rings. The zero-order valence-corrected chi connectivity index (χ0v) is 14.1. The van der Waals surface area contributed by atoms with Gasteiger partial charge in [-0.2, -0.15) is 0 Å². The Balaban J connectivity index is 2.08. The fourth-order valence-electron chi connectivity index (χ4n) is 2.72. The highest BCUT2D eigenvalue weighted by atomic mass is 79.9. The number of carbonyl (C=O) groups is 1. The lowest BCUT2D eigenvalue weighted by atomic mass is 9.78. The lowest BCUT2D eigenvalue weighted by Gasteiger charge is -2.39. The first-order valence-corrected chi connectivity index (χ1v) is 9.05. The molecule has 1 saturated carbocycles. The van der Waals surface area contributed by atoms with E-state index in [1.54, 1.807) is 11.3 Å². The molecule has 0 unspecified atom stereocenters. The van der Waals surface area contributed by atoms with Gasteiger partial charge in [-0.05, 0) is 55.0 Å². The van der Waals surface area contributed by atoms with Crippen molar-refractivity contribution in [2.24, 2.45) is 5.92 Å². The molecule has 0 bridgehead atoms. The quantitative estimate of drug-likeness (QED) is 0.807. The Kier molecular flexibility index (Phi) is 5.07. The van der Waals surface area contributed by atoms with E-state index in [-0.39, 0.29) is 11.4 Å². The number of hydrogen-bond acceptors (Lipinski definition) is 2. The Labute approximate surface area is 128 Å². The zero-order chi connectivity index (χ0) is 13.9. The minimum absolute atomic E-state index is 0.0431. The molecule has 106 valence electrons. The van der Waals surface area contributed by atoms with E-state index >= 15 is 0 Å². The van der Waals surface area contributed by atoms with Gasteiger partial charge in [0.1, 0.15) is 0 Å². The Morgan fingerprint density at radius 1 is 1.53 bits per heavy atom. The van der Waals surface area contributed by atoms with Gasteiger partial charge in [0.2, 0.25) is 0 Å². The number of aryl methyl sites for hydroxylation is 1. The Morgan fingerprint density at radius 2 is 2.21 bits per heavy atom. The molecular weight excluding hydrogens is 322 g/mol. The second-order valence-corrected chi connectivity index (χ2v) is 7.16. The summed E-state index contributed by atoms with van der Waals surface area (Å²) in [5, 5.41) is 6.17. The van der Waals surface area contributed by atoms with Crippen LogP contribution in [0.15, 0.2) is 11.4 Å². The summed E-state index contributed by atoms with van der Waals surface area (Å²) in [6.45, 7) is 4.40. The predicted octanol–water partition coefficient (Wildman–Crippen LogP) is 4.38. The summed E-state index contributed by atoms with van der Waals surface area (Å²) in [7, 11) is 0. The highest BCUT2D eigenvalue weighted by Crippen LogP contribution is 2.33. The first kappa shape index (κ1) is 15.0. The molecule has 1 aromatic heterocycles. The lowest BCUT2D eigenvalue weighted by Crippen LogP contribution is -2.52. The molecule has 2 nitrogen and oxygen atoms in total. The van der Waals surface area contributed by atoms with Gasteiger partial charge in [-0.25, -0.2) is 0 Å². The largest absolute Gasteiger partial charge is 0.345 e. The van der Waals surface area contributed by atoms with Crippen molar-refractivity contribution in [3.8, 4) is 0 Å². The summed E-state index contributed by atoms with van der Waals surface area (Å²) in [6, 6.07) is 2.06. The molecule has 1 N–H and O–H groups in total. The van der Waals surface area contributed by atoms with E-state index in [0.29, 0.717) is 0 Å². The molecule has 0 radical (unpaired) electrons. The van der Waals surface area contributed by atoms with Crippen molar-refractivity contribution in [3.63, 3.8) is 0 Å². The van der Waals surface area contributed by atoms with Crippen molar-refractivity contribution >= 4 is 33.2 Å². The topological polar surface area (TPSA) is 29.1 Å². The number of amides is 1. The molecule has 2 rings (SSSR count). The van der Waals surface area contributed by atoms with E-state index in [4.69, 9.17) is 0 Å². The van der Waals surface area contributed by atoms with E-state index in [2.05, 4.69) is 41.2 Å². The van der Waals surface area contributed by atoms with Gasteiger partial charge in [0, 0.05) is 5.33 Å². The van der Waals surface area contributed by atoms with E-state index in [1.807, 2.05) is 5.38 Å². The summed E-state index contributed by atoms with van der Waals surface area (Å²) in [5.74, 6) is 0.901. The van der Waals surface area contributed by atoms with Crippen molar-refractivity contribution in [2.75, 3.05) is 5.33 Å². The summed E-state index contributed by atoms with van der Waals surface area (Å²) >= 11 is 5.16. The van der Waals surface area contributed by atoms with Crippen LogP contribution in [-0.4, -0.2) is 16.8 Å². The Morgan fingerprint density at radius 3 is 2.79 bits per heavy atom. The minimum Gasteiger partial charge on any atom is -0.345 e. The van der Waals surface area contributed by atoms with Crippen LogP contribution >= 0.6 is 27.3 Å². The monoisotopic (exact) mass is 343 g/mol. The van der Waals surface area contributed by atoms with E-state index in [1.165, 1.54) is 12.8 Å². The van der Waals surface area contributed by atoms with Crippen LogP contribution in [0, 0.1) is 5.92 Å². The standard InChI is InChI=1S/C15H22BrNOS/c1-3-12-6-9-19-13(12)14(18)17-15(10-16)7-4-11(2)5-8-15/h6,9,11H,3-5,7-8,10H2,1-2H3,(H,17,18). The number of halogens is 1. The molecule has 1 aliphatic carbocycles. The Bertz CT molecular complexity index is 435. The third kappa shape index (κ3) is 3.40. The van der Waals surface area contributed by atoms with Crippen molar-refractivity contribution in [1.29, 1.82) is 0 Å². The molecule has 1 fully saturated rings. The highest BCUT2D eigenvalue weighted by Gasteiger charge is 2.35. The van der Waals surface area contributed by atoms with Crippen molar-refractivity contribution in [3.05, 3.63) is 21.9 Å². The first-order valence-electron chi connectivity index (χ1n) is 7.05. The maximum absolute atomic E-state index is 12.5. The number of nitrogens with one attached hydrogen (secondary N) is 1. The maximum Gasteiger partial charge on any atom is 0.262 e. The van der Waals surface area contributed by atoms with Crippen LogP contribution in [0.2, 0.25) is 0 Å². The van der Waals surface area contributed by atoms with E-state index < -0.39 is 0 Å². The molecule has 0 atom stereocenters. The number of hydrogen-bond donors (Lipinski definition) is 1. The van der Waals surface area contributed by atoms with Crippen LogP contribution in [-0.2, 0) is 6.42 Å². The van der Waals surface area contributed by atoms with Crippen molar-refractivity contribution < 1.29 is 4.79 Å². The van der Waals surface area contributed by atoms with Gasteiger partial charge >= 0.3 is 0 Å². The molecule has 1 heterocycles. The van der Waals surface area contributed by atoms with Gasteiger partial charge in [-0.3, -0.25) is 4.79 Å². The molecule has 1 amide bonds. The number of thiophene rings is 1. The summed E-state index contributed by atoms with van der Waals surface area (Å²) < 4.78 is 0. The van der Waals surface area contributed by atoms with Crippen molar-refractivity contribution in [2.45, 2.75) is 51.5 Å². The lowest BCUT2D eigenvalue weighted by molar-refractivity contribution is 0.0878. The second-order valence-electron chi connectivity index (χ2n) is 5.68. The average Bonchev–Trinajstić information content (AvgIpc) is 2.90. The van der Waals surface area contributed by atoms with Gasteiger partial charge in [-0.1, -0.05) is 29.8 Å². The van der Waals surface area contributed by atoms with E-state index in [9.17, 15) is 4.79 Å². The predicted molar refractivity (Wildman–Crippen MR) is 85.3 cm³/mol. The molecule has 0 spiro atoms. The molecule has 1 aliphatic rings. The maximum atomic E-state index is 12.5. The van der Waals surface area contributed by atoms with Crippen LogP contribution < -0.4 is 5.32 Å². The number of rotatable bonds is 4. The van der Waals surface area contributed by atoms with Crippen LogP contribution in [0.1, 0.15) is 54.8 Å². The van der Waals surface area contributed by atoms with Crippen LogP contribution in [0.3, 0.4) is 0 Å². The van der Waals surface area contributed by atoms with Crippen LogP contribution in [0.25, 0.3) is 0 Å². The normalized spacial score (nSPS) is 27.2. The molecule has 0 saturated heterocycles. The van der Waals surface area contributed by atoms with Gasteiger partial charge < -0.3 is 5.32 Å². The van der Waals surface area contributed by atoms with Gasteiger partial charge in [-0.15, -0.1) is 11.3 Å². The molecule has 0 aromatic carbocycles. The molecule has 4 heteroatoms. The summed E-state index contributed by atoms with van der Waals surface area (Å²) in [4.78, 5) is 13.4. The minimum atomic E-state index is -0.0431. The third-order valence-corrected chi connectivity index (χ3v) is 6.23. The van der Waals surface area contributed by atoms with Gasteiger partial charge in [0.05, 0.1) is 10.4 Å². The van der Waals surface area contributed by atoms with Gasteiger partial charge in [0.25, 0.3) is 5.91 Å². The first-order chi connectivity index (χ1) is 9.10. The summed E-state index contributed by atoms with van der Waals surface area (Å²) in [6.07, 6.45) is 5.49. The summed E-state index contributed by atoms with van der Waals surface area (Å²) in [5.41, 5.74) is 1.12. The smallest absolute Gasteiger partial charge is 0.262 e. The number of alkyl halides is 1. The molecule has 19 heavy (non-hydrogen) atoms. The van der Waals surface area contributed by atoms with Crippen LogP contribution in [0.5, 0.6) is 0 Å². The third-order valence-electron chi connectivity index (χ3n) is 4.20. The van der Waals surface area contributed by atoms with Crippen molar-refractivity contribution in [1.82, 2.24) is 5.32 Å². The van der Waals surface area contributed by atoms with Crippen LogP contribution in [0.4, 0.5) is 0 Å². The number of carbonyl (C=O) groups excluding carboxylic acids is 1. The van der Waals surface area contributed by atoms with E-state index in [0.717, 1.165) is 41.0 Å². The molecular formula is C15H22BrNOS. The SMILES string of the molecule is CCc1ccsc1C(=O)NC1(CBr)CCC(C)CC1. The molecule has 0 aliphatic heterocycles. The zero-order valence-electron chi connectivity index (χ0n) is 11.7. The van der Waals surface area contributed by atoms with Gasteiger partial charge in [0.15, 0.2) is 0 Å². The fourth-order valence-corrected chi connectivity index (χ4v) is 4.31. The Hall–Kier alpha value is -0.350.